The van der Waals surface area contributed by atoms with Gasteiger partial charge in [0.2, 0.25) is 5.91 Å². The van der Waals surface area contributed by atoms with Crippen molar-refractivity contribution in [3.8, 4) is 11.5 Å². The van der Waals surface area contributed by atoms with Crippen LogP contribution in [0, 0.1) is 5.92 Å². The summed E-state index contributed by atoms with van der Waals surface area (Å²) in [6.45, 7) is 3.89. The summed E-state index contributed by atoms with van der Waals surface area (Å²) in [6, 6.07) is 15.5. The highest BCUT2D eigenvalue weighted by atomic mass is 16.5. The van der Waals surface area contributed by atoms with Crippen LogP contribution in [-0.2, 0) is 11.2 Å². The van der Waals surface area contributed by atoms with Crippen LogP contribution in [0.25, 0.3) is 0 Å². The summed E-state index contributed by atoms with van der Waals surface area (Å²) >= 11 is 0. The van der Waals surface area contributed by atoms with Crippen molar-refractivity contribution in [2.24, 2.45) is 5.92 Å². The number of benzene rings is 2. The summed E-state index contributed by atoms with van der Waals surface area (Å²) in [5.74, 6) is 1.39. The summed E-state index contributed by atoms with van der Waals surface area (Å²) in [6.07, 6.45) is 0.717. The quantitative estimate of drug-likeness (QED) is 0.842. The summed E-state index contributed by atoms with van der Waals surface area (Å²) in [5.41, 5.74) is 2.06. The van der Waals surface area contributed by atoms with Gasteiger partial charge in [-0.2, -0.15) is 0 Å². The molecule has 2 aromatic rings. The summed E-state index contributed by atoms with van der Waals surface area (Å²) in [5, 5.41) is 3.07. The zero-order valence-corrected chi connectivity index (χ0v) is 14.7. The van der Waals surface area contributed by atoms with Crippen molar-refractivity contribution >= 4 is 5.91 Å². The molecule has 4 heteroatoms. The molecular weight excluding hydrogens is 302 g/mol. The molecule has 4 nitrogen and oxygen atoms in total. The van der Waals surface area contributed by atoms with E-state index in [0.29, 0.717) is 6.42 Å². The van der Waals surface area contributed by atoms with Gasteiger partial charge in [0, 0.05) is 11.5 Å². The third-order valence-corrected chi connectivity index (χ3v) is 4.09. The molecule has 24 heavy (non-hydrogen) atoms. The van der Waals surface area contributed by atoms with Gasteiger partial charge in [0.1, 0.15) is 11.5 Å². The van der Waals surface area contributed by atoms with Crippen molar-refractivity contribution in [2.45, 2.75) is 26.3 Å². The third-order valence-electron chi connectivity index (χ3n) is 4.09. The van der Waals surface area contributed by atoms with E-state index in [1.54, 1.807) is 14.2 Å². The van der Waals surface area contributed by atoms with Crippen LogP contribution in [0.4, 0.5) is 0 Å². The Bertz CT molecular complexity index is 670. The maximum Gasteiger partial charge on any atom is 0.223 e. The Kier molecular flexibility index (Phi) is 6.24. The molecule has 0 aliphatic heterocycles. The van der Waals surface area contributed by atoms with E-state index in [0.717, 1.165) is 22.6 Å². The van der Waals surface area contributed by atoms with Crippen molar-refractivity contribution in [1.82, 2.24) is 5.32 Å². The first-order chi connectivity index (χ1) is 11.5. The topological polar surface area (TPSA) is 47.6 Å². The molecule has 2 aromatic carbocycles. The zero-order valence-electron chi connectivity index (χ0n) is 14.7. The molecule has 1 N–H and O–H groups in total. The maximum absolute atomic E-state index is 12.5. The average molecular weight is 327 g/mol. The van der Waals surface area contributed by atoms with Gasteiger partial charge in [-0.1, -0.05) is 37.3 Å². The van der Waals surface area contributed by atoms with Gasteiger partial charge in [-0.3, -0.25) is 4.79 Å². The predicted octanol–water partition coefficient (Wildman–Crippen LogP) is 3.76. The van der Waals surface area contributed by atoms with Crippen LogP contribution in [0.3, 0.4) is 0 Å². The van der Waals surface area contributed by atoms with Crippen LogP contribution >= 0.6 is 0 Å². The summed E-state index contributed by atoms with van der Waals surface area (Å²) in [4.78, 5) is 12.5. The number of carbonyl (C=O) groups excluding carboxylic acids is 1. The lowest BCUT2D eigenvalue weighted by Crippen LogP contribution is -2.32. The van der Waals surface area contributed by atoms with Gasteiger partial charge >= 0.3 is 0 Å². The fraction of sp³-hybridized carbons (Fsp3) is 0.350. The first-order valence-electron chi connectivity index (χ1n) is 8.11. The van der Waals surface area contributed by atoms with E-state index in [4.69, 9.17) is 9.47 Å². The molecule has 0 aliphatic rings. The predicted molar refractivity (Wildman–Crippen MR) is 95.4 cm³/mol. The Morgan fingerprint density at radius 3 is 2.38 bits per heavy atom. The van der Waals surface area contributed by atoms with Crippen LogP contribution in [0.15, 0.2) is 48.5 Å². The molecule has 2 rings (SSSR count). The van der Waals surface area contributed by atoms with Crippen molar-refractivity contribution in [3.63, 3.8) is 0 Å². The molecule has 2 atom stereocenters. The second kappa shape index (κ2) is 8.39. The number of nitrogens with one attached hydrogen (secondary N) is 1. The minimum atomic E-state index is -0.166. The second-order valence-electron chi connectivity index (χ2n) is 5.93. The van der Waals surface area contributed by atoms with E-state index in [-0.39, 0.29) is 17.9 Å². The van der Waals surface area contributed by atoms with Gasteiger partial charge in [0.15, 0.2) is 0 Å². The van der Waals surface area contributed by atoms with E-state index >= 15 is 0 Å². The molecule has 0 unspecified atom stereocenters. The number of rotatable bonds is 7. The Labute approximate surface area is 143 Å². The van der Waals surface area contributed by atoms with Crippen LogP contribution in [0.5, 0.6) is 11.5 Å². The number of ether oxygens (including phenoxy) is 2. The fourth-order valence-corrected chi connectivity index (χ4v) is 2.67. The van der Waals surface area contributed by atoms with E-state index in [1.807, 2.05) is 62.4 Å². The highest BCUT2D eigenvalue weighted by molar-refractivity contribution is 5.79. The van der Waals surface area contributed by atoms with Crippen LogP contribution < -0.4 is 14.8 Å². The fourth-order valence-electron chi connectivity index (χ4n) is 2.67. The molecule has 0 saturated heterocycles. The molecule has 0 aromatic heterocycles. The Morgan fingerprint density at radius 2 is 1.75 bits per heavy atom. The molecule has 0 aliphatic carbocycles. The second-order valence-corrected chi connectivity index (χ2v) is 5.93. The highest BCUT2D eigenvalue weighted by Crippen LogP contribution is 2.29. The average Bonchev–Trinajstić information content (AvgIpc) is 2.61. The van der Waals surface area contributed by atoms with Crippen molar-refractivity contribution < 1.29 is 14.3 Å². The lowest BCUT2D eigenvalue weighted by molar-refractivity contribution is -0.125. The molecule has 0 bridgehead atoms. The van der Waals surface area contributed by atoms with E-state index in [9.17, 15) is 4.79 Å². The van der Waals surface area contributed by atoms with E-state index < -0.39 is 0 Å². The Hall–Kier alpha value is -2.49. The van der Waals surface area contributed by atoms with Crippen molar-refractivity contribution in [2.75, 3.05) is 14.2 Å². The molecule has 1 amide bonds. The molecule has 0 radical (unpaired) electrons. The Balaban J connectivity index is 2.05. The van der Waals surface area contributed by atoms with Gasteiger partial charge in [0.25, 0.3) is 0 Å². The SMILES string of the molecule is COc1ccc(OC)c([C@@H](C)NC(=O)[C@H](C)Cc2ccccc2)c1. The normalized spacial score (nSPS) is 13.0. The largest absolute Gasteiger partial charge is 0.497 e. The minimum absolute atomic E-state index is 0.0243. The number of hydrogen-bond donors (Lipinski definition) is 1. The molecular formula is C20H25NO3. The molecule has 128 valence electrons. The monoisotopic (exact) mass is 327 g/mol. The smallest absolute Gasteiger partial charge is 0.223 e. The molecule has 0 fully saturated rings. The third kappa shape index (κ3) is 4.51. The summed E-state index contributed by atoms with van der Waals surface area (Å²) < 4.78 is 10.7. The highest BCUT2D eigenvalue weighted by Gasteiger charge is 2.19. The number of hydrogen-bond acceptors (Lipinski definition) is 3. The van der Waals surface area contributed by atoms with Gasteiger partial charge in [-0.05, 0) is 37.1 Å². The lowest BCUT2D eigenvalue weighted by atomic mass is 9.99. The lowest BCUT2D eigenvalue weighted by Gasteiger charge is -2.20. The standard InChI is InChI=1S/C20H25NO3/c1-14(12-16-8-6-5-7-9-16)20(22)21-15(2)18-13-17(23-3)10-11-19(18)24-4/h5-11,13-15H,12H2,1-4H3,(H,21,22)/t14-,15-/m1/s1. The first-order valence-corrected chi connectivity index (χ1v) is 8.11. The van der Waals surface area contributed by atoms with E-state index in [2.05, 4.69) is 5.32 Å². The first kappa shape index (κ1) is 17.9. The molecule has 0 spiro atoms. The van der Waals surface area contributed by atoms with Gasteiger partial charge in [-0.15, -0.1) is 0 Å². The van der Waals surface area contributed by atoms with Gasteiger partial charge in [-0.25, -0.2) is 0 Å². The van der Waals surface area contributed by atoms with Crippen molar-refractivity contribution in [1.29, 1.82) is 0 Å². The number of carbonyl (C=O) groups is 1. The minimum Gasteiger partial charge on any atom is -0.497 e. The van der Waals surface area contributed by atoms with Crippen LogP contribution in [-0.4, -0.2) is 20.1 Å². The van der Waals surface area contributed by atoms with Crippen LogP contribution in [0.1, 0.15) is 31.0 Å². The molecule has 0 saturated carbocycles. The van der Waals surface area contributed by atoms with Gasteiger partial charge in [0.05, 0.1) is 20.3 Å². The number of methoxy groups -OCH3 is 2. The van der Waals surface area contributed by atoms with Crippen molar-refractivity contribution in [3.05, 3.63) is 59.7 Å². The van der Waals surface area contributed by atoms with Crippen LogP contribution in [0.2, 0.25) is 0 Å². The molecule has 0 heterocycles. The number of amides is 1. The maximum atomic E-state index is 12.5. The van der Waals surface area contributed by atoms with Gasteiger partial charge < -0.3 is 14.8 Å². The summed E-state index contributed by atoms with van der Waals surface area (Å²) in [7, 11) is 3.24. The Morgan fingerprint density at radius 1 is 1.04 bits per heavy atom. The van der Waals surface area contributed by atoms with E-state index in [1.165, 1.54) is 0 Å². The zero-order chi connectivity index (χ0) is 17.5.